The van der Waals surface area contributed by atoms with Crippen molar-refractivity contribution in [2.75, 3.05) is 11.9 Å². The van der Waals surface area contributed by atoms with Gasteiger partial charge < -0.3 is 10.1 Å². The molecule has 0 fully saturated rings. The highest BCUT2D eigenvalue weighted by Crippen LogP contribution is 2.50. The molecule has 3 atom stereocenters. The van der Waals surface area contributed by atoms with Crippen molar-refractivity contribution in [1.29, 1.82) is 0 Å². The lowest BCUT2D eigenvalue weighted by Gasteiger charge is -2.37. The molecule has 0 unspecified atom stereocenters. The predicted molar refractivity (Wildman–Crippen MR) is 102 cm³/mol. The fourth-order valence-electron chi connectivity index (χ4n) is 4.07. The van der Waals surface area contributed by atoms with E-state index in [1.807, 2.05) is 24.3 Å². The van der Waals surface area contributed by atoms with Crippen LogP contribution in [-0.4, -0.2) is 17.5 Å². The molecule has 2 aliphatic rings. The van der Waals surface area contributed by atoms with Gasteiger partial charge in [0, 0.05) is 23.7 Å². The number of hydrogen-bond acceptors (Lipinski definition) is 5. The first kappa shape index (κ1) is 17.3. The average molecular weight is 364 g/mol. The topological polar surface area (TPSA) is 81.5 Å². The first-order valence-corrected chi connectivity index (χ1v) is 9.07. The Kier molecular flexibility index (Phi) is 4.39. The minimum Gasteiger partial charge on any atom is -0.462 e. The molecule has 4 rings (SSSR count). The molecule has 0 bridgehead atoms. The molecule has 6 nitrogen and oxygen atoms in total. The third-order valence-corrected chi connectivity index (χ3v) is 5.34. The number of fused-ring (bicyclic) bond motifs is 3. The summed E-state index contributed by atoms with van der Waals surface area (Å²) in [5.74, 6) is 0.198. The molecular formula is C21H20N2O4. The number of nitro benzene ring substituents is 1. The lowest BCUT2D eigenvalue weighted by molar-refractivity contribution is -0.384. The van der Waals surface area contributed by atoms with Crippen molar-refractivity contribution in [3.05, 3.63) is 81.4 Å². The first-order chi connectivity index (χ1) is 13.1. The van der Waals surface area contributed by atoms with Crippen molar-refractivity contribution in [3.63, 3.8) is 0 Å². The van der Waals surface area contributed by atoms with Gasteiger partial charge in [-0.05, 0) is 48.6 Å². The molecule has 0 saturated carbocycles. The highest BCUT2D eigenvalue weighted by Gasteiger charge is 2.38. The van der Waals surface area contributed by atoms with E-state index in [1.165, 1.54) is 0 Å². The van der Waals surface area contributed by atoms with E-state index < -0.39 is 0 Å². The lowest BCUT2D eigenvalue weighted by Crippen LogP contribution is -2.29. The van der Waals surface area contributed by atoms with Crippen LogP contribution in [0.15, 0.2) is 54.6 Å². The molecule has 1 N–H and O–H groups in total. The van der Waals surface area contributed by atoms with Crippen molar-refractivity contribution < 1.29 is 14.5 Å². The summed E-state index contributed by atoms with van der Waals surface area (Å²) in [5, 5.41) is 14.5. The Labute approximate surface area is 157 Å². The van der Waals surface area contributed by atoms with E-state index in [1.54, 1.807) is 25.1 Å². The van der Waals surface area contributed by atoms with Gasteiger partial charge in [-0.1, -0.05) is 24.3 Å². The van der Waals surface area contributed by atoms with Gasteiger partial charge in [-0.25, -0.2) is 4.79 Å². The van der Waals surface area contributed by atoms with Crippen LogP contribution in [0.3, 0.4) is 0 Å². The number of carbonyl (C=O) groups is 1. The molecule has 0 aromatic heterocycles. The molecule has 0 radical (unpaired) electrons. The zero-order valence-electron chi connectivity index (χ0n) is 14.9. The maximum Gasteiger partial charge on any atom is 0.338 e. The summed E-state index contributed by atoms with van der Waals surface area (Å²) < 4.78 is 5.12. The van der Waals surface area contributed by atoms with Crippen LogP contribution in [-0.2, 0) is 4.74 Å². The van der Waals surface area contributed by atoms with Crippen LogP contribution in [0.4, 0.5) is 11.4 Å². The first-order valence-electron chi connectivity index (χ1n) is 9.07. The number of benzene rings is 2. The monoisotopic (exact) mass is 364 g/mol. The lowest BCUT2D eigenvalue weighted by atomic mass is 9.76. The van der Waals surface area contributed by atoms with Crippen LogP contribution in [0.5, 0.6) is 0 Å². The Balaban J connectivity index is 1.68. The van der Waals surface area contributed by atoms with E-state index in [2.05, 4.69) is 17.5 Å². The van der Waals surface area contributed by atoms with Crippen molar-refractivity contribution in [2.24, 2.45) is 5.92 Å². The molecule has 1 aliphatic heterocycles. The molecule has 138 valence electrons. The quantitative estimate of drug-likeness (QED) is 0.371. The van der Waals surface area contributed by atoms with Gasteiger partial charge in [-0.2, -0.15) is 0 Å². The number of allylic oxidation sites excluding steroid dienone is 2. The Morgan fingerprint density at radius 1 is 1.26 bits per heavy atom. The van der Waals surface area contributed by atoms with E-state index in [0.717, 1.165) is 23.2 Å². The van der Waals surface area contributed by atoms with Gasteiger partial charge in [0.25, 0.3) is 5.69 Å². The highest BCUT2D eigenvalue weighted by molar-refractivity contribution is 5.90. The SMILES string of the molecule is CCOC(=O)c1ccc2c(c1)[C@@H]1C=CC[C@H]1[C@@H](c1ccc([N+](=O)[O-])cc1)N2. The van der Waals surface area contributed by atoms with Gasteiger partial charge in [0.1, 0.15) is 0 Å². The summed E-state index contributed by atoms with van der Waals surface area (Å²) in [6.45, 7) is 2.14. The maximum absolute atomic E-state index is 12.1. The maximum atomic E-state index is 12.1. The largest absolute Gasteiger partial charge is 0.462 e. The second kappa shape index (κ2) is 6.87. The Morgan fingerprint density at radius 3 is 2.74 bits per heavy atom. The van der Waals surface area contributed by atoms with Gasteiger partial charge in [-0.3, -0.25) is 10.1 Å². The van der Waals surface area contributed by atoms with E-state index in [-0.39, 0.29) is 28.5 Å². The number of nitrogens with zero attached hydrogens (tertiary/aromatic N) is 1. The predicted octanol–water partition coefficient (Wildman–Crippen LogP) is 4.60. The molecular weight excluding hydrogens is 344 g/mol. The smallest absolute Gasteiger partial charge is 0.338 e. The molecule has 6 heteroatoms. The second-order valence-electron chi connectivity index (χ2n) is 6.85. The number of non-ortho nitro benzene ring substituents is 1. The minimum atomic E-state index is -0.385. The van der Waals surface area contributed by atoms with Crippen molar-refractivity contribution >= 4 is 17.3 Å². The second-order valence-corrected chi connectivity index (χ2v) is 6.85. The minimum absolute atomic E-state index is 0.0618. The molecule has 2 aromatic rings. The third-order valence-electron chi connectivity index (χ3n) is 5.34. The molecule has 1 aliphatic carbocycles. The summed E-state index contributed by atoms with van der Waals surface area (Å²) in [6.07, 6.45) is 5.28. The van der Waals surface area contributed by atoms with Crippen LogP contribution < -0.4 is 5.32 Å². The molecule has 27 heavy (non-hydrogen) atoms. The molecule has 1 heterocycles. The Morgan fingerprint density at radius 2 is 2.04 bits per heavy atom. The number of ether oxygens (including phenoxy) is 1. The van der Waals surface area contributed by atoms with Gasteiger partial charge in [0.15, 0.2) is 0 Å². The zero-order valence-corrected chi connectivity index (χ0v) is 14.9. The Hall–Kier alpha value is -3.15. The van der Waals surface area contributed by atoms with Crippen LogP contribution in [0.25, 0.3) is 0 Å². The fraction of sp³-hybridized carbons (Fsp3) is 0.286. The number of nitro groups is 1. The molecule has 0 spiro atoms. The number of carbonyl (C=O) groups excluding carboxylic acids is 1. The van der Waals surface area contributed by atoms with Crippen molar-refractivity contribution in [2.45, 2.75) is 25.3 Å². The number of hydrogen-bond donors (Lipinski definition) is 1. The highest BCUT2D eigenvalue weighted by atomic mass is 16.6. The summed E-state index contributed by atoms with van der Waals surface area (Å²) in [7, 11) is 0. The van der Waals surface area contributed by atoms with Gasteiger partial charge >= 0.3 is 5.97 Å². The van der Waals surface area contributed by atoms with E-state index >= 15 is 0 Å². The van der Waals surface area contributed by atoms with Crippen molar-refractivity contribution in [1.82, 2.24) is 0 Å². The van der Waals surface area contributed by atoms with E-state index in [0.29, 0.717) is 18.1 Å². The van der Waals surface area contributed by atoms with Crippen LogP contribution >= 0.6 is 0 Å². The Bertz CT molecular complexity index is 920. The summed E-state index contributed by atoms with van der Waals surface area (Å²) in [6, 6.07) is 12.4. The summed E-state index contributed by atoms with van der Waals surface area (Å²) in [5.41, 5.74) is 3.76. The fourth-order valence-corrected chi connectivity index (χ4v) is 4.07. The van der Waals surface area contributed by atoms with Gasteiger partial charge in [0.05, 0.1) is 23.1 Å². The number of esters is 1. The standard InChI is InChI=1S/C21H20N2O4/c1-2-27-21(24)14-8-11-19-18(12-14)16-4-3-5-17(16)20(22-19)13-6-9-15(10-7-13)23(25)26/h3-4,6-12,16-17,20,22H,2,5H2,1H3/t16-,17-,20-/m1/s1. The molecule has 0 saturated heterocycles. The van der Waals surface area contributed by atoms with Crippen molar-refractivity contribution in [3.8, 4) is 0 Å². The third kappa shape index (κ3) is 3.07. The van der Waals surface area contributed by atoms with Crippen LogP contribution in [0, 0.1) is 16.0 Å². The summed E-state index contributed by atoms with van der Waals surface area (Å²) in [4.78, 5) is 22.6. The number of anilines is 1. The molecule has 2 aromatic carbocycles. The van der Waals surface area contributed by atoms with E-state index in [4.69, 9.17) is 4.74 Å². The summed E-state index contributed by atoms with van der Waals surface area (Å²) >= 11 is 0. The number of nitrogens with one attached hydrogen (secondary N) is 1. The normalized spacial score (nSPS) is 22.5. The molecule has 0 amide bonds. The van der Waals surface area contributed by atoms with E-state index in [9.17, 15) is 14.9 Å². The number of rotatable bonds is 4. The van der Waals surface area contributed by atoms with Gasteiger partial charge in [-0.15, -0.1) is 0 Å². The van der Waals surface area contributed by atoms with Crippen LogP contribution in [0.2, 0.25) is 0 Å². The zero-order chi connectivity index (χ0) is 19.0. The average Bonchev–Trinajstić information content (AvgIpc) is 3.17. The van der Waals surface area contributed by atoms with Crippen LogP contribution in [0.1, 0.15) is 46.8 Å². The van der Waals surface area contributed by atoms with Gasteiger partial charge in [0.2, 0.25) is 0 Å².